The molecule has 10 heteroatoms. The van der Waals surface area contributed by atoms with Crippen LogP contribution in [-0.4, -0.2) is 24.3 Å². The Labute approximate surface area is 179 Å². The Balaban J connectivity index is 1.74. The lowest BCUT2D eigenvalue weighted by molar-refractivity contribution is -0.121. The lowest BCUT2D eigenvalue weighted by atomic mass is 10.1. The van der Waals surface area contributed by atoms with E-state index in [4.69, 9.17) is 0 Å². The van der Waals surface area contributed by atoms with Gasteiger partial charge in [-0.3, -0.25) is 9.52 Å². The van der Waals surface area contributed by atoms with E-state index in [9.17, 15) is 13.2 Å². The van der Waals surface area contributed by atoms with Crippen LogP contribution in [0.15, 0.2) is 29.6 Å². The number of benzene rings is 1. The Morgan fingerprint density at radius 1 is 1.14 bits per heavy atom. The van der Waals surface area contributed by atoms with Gasteiger partial charge in [0.05, 0.1) is 23.2 Å². The Hall–Kier alpha value is -2.30. The lowest BCUT2D eigenvalue weighted by Crippen LogP contribution is -2.31. The number of aryl methyl sites for hydroxylation is 3. The molecular weight excluding hydrogens is 428 g/mol. The van der Waals surface area contributed by atoms with Crippen molar-refractivity contribution >= 4 is 45.2 Å². The van der Waals surface area contributed by atoms with Gasteiger partial charge in [0.15, 0.2) is 0 Å². The van der Waals surface area contributed by atoms with Gasteiger partial charge in [0.2, 0.25) is 16.8 Å². The van der Waals surface area contributed by atoms with Crippen molar-refractivity contribution < 1.29 is 13.2 Å². The molecule has 1 aromatic carbocycles. The van der Waals surface area contributed by atoms with E-state index in [0.29, 0.717) is 12.1 Å². The van der Waals surface area contributed by atoms with Crippen LogP contribution in [0, 0.1) is 20.8 Å². The van der Waals surface area contributed by atoms with E-state index in [1.165, 1.54) is 11.3 Å². The average Bonchev–Trinajstić information content (AvgIpc) is 3.20. The Kier molecular flexibility index (Phi) is 6.99. The van der Waals surface area contributed by atoms with Crippen molar-refractivity contribution in [1.29, 1.82) is 0 Å². The number of amides is 1. The monoisotopic (exact) mass is 450 g/mol. The summed E-state index contributed by atoms with van der Waals surface area (Å²) in [5, 5.41) is 6.84. The van der Waals surface area contributed by atoms with Gasteiger partial charge in [0, 0.05) is 21.6 Å². The maximum atomic E-state index is 12.7. The second kappa shape index (κ2) is 9.47. The fourth-order valence-corrected chi connectivity index (χ4v) is 4.96. The van der Waals surface area contributed by atoms with Gasteiger partial charge in [-0.25, -0.2) is 18.4 Å². The first-order valence-corrected chi connectivity index (χ1v) is 11.8. The third-order valence-electron chi connectivity index (χ3n) is 4.21. The third kappa shape index (κ3) is 6.09. The average molecular weight is 451 g/mol. The Morgan fingerprint density at radius 3 is 2.41 bits per heavy atom. The highest BCUT2D eigenvalue weighted by Crippen LogP contribution is 2.24. The van der Waals surface area contributed by atoms with Gasteiger partial charge >= 0.3 is 0 Å². The molecule has 0 radical (unpaired) electrons. The van der Waals surface area contributed by atoms with Crippen LogP contribution < -0.4 is 10.0 Å². The van der Waals surface area contributed by atoms with E-state index in [2.05, 4.69) is 20.0 Å². The highest BCUT2D eigenvalue weighted by molar-refractivity contribution is 7.73. The molecule has 0 saturated carbocycles. The standard InChI is InChI=1S/C19H22N4O3S3/c1-11-10-27-19(20-11)17(8-14-4-6-15(7-5-14)23-29(25)26)22-18(24)9-16-12(2)28-13(3)21-16/h4-7,10,17,29H,8-9H2,1-3H3,(H,22,24)(H,23,25,26)/t17-/m0/s1. The van der Waals surface area contributed by atoms with E-state index in [-0.39, 0.29) is 18.4 Å². The van der Waals surface area contributed by atoms with Gasteiger partial charge in [-0.1, -0.05) is 12.1 Å². The number of hydrogen-bond donors (Lipinski definition) is 3. The number of carbonyl (C=O) groups excluding carboxylic acids is 1. The molecule has 0 unspecified atom stereocenters. The highest BCUT2D eigenvalue weighted by Gasteiger charge is 2.20. The molecule has 0 saturated heterocycles. The van der Waals surface area contributed by atoms with E-state index in [1.54, 1.807) is 23.5 Å². The normalized spacial score (nSPS) is 12.1. The van der Waals surface area contributed by atoms with Crippen LogP contribution in [-0.2, 0) is 28.5 Å². The first-order chi connectivity index (χ1) is 13.8. The molecule has 0 fully saturated rings. The summed E-state index contributed by atoms with van der Waals surface area (Å²) in [4.78, 5) is 22.7. The second-order valence-corrected chi connectivity index (χ2v) is 9.66. The van der Waals surface area contributed by atoms with Gasteiger partial charge in [-0.2, -0.15) is 0 Å². The van der Waals surface area contributed by atoms with Crippen LogP contribution >= 0.6 is 22.7 Å². The van der Waals surface area contributed by atoms with Crippen LogP contribution in [0.2, 0.25) is 0 Å². The third-order valence-corrected chi connectivity index (χ3v) is 6.66. The molecule has 0 aliphatic rings. The summed E-state index contributed by atoms with van der Waals surface area (Å²) >= 11 is 3.10. The molecule has 0 bridgehead atoms. The van der Waals surface area contributed by atoms with Crippen LogP contribution in [0.25, 0.3) is 0 Å². The highest BCUT2D eigenvalue weighted by atomic mass is 32.2. The van der Waals surface area contributed by atoms with Crippen molar-refractivity contribution in [2.24, 2.45) is 0 Å². The maximum absolute atomic E-state index is 12.7. The summed E-state index contributed by atoms with van der Waals surface area (Å²) in [7, 11) is -2.69. The molecule has 3 aromatic rings. The summed E-state index contributed by atoms with van der Waals surface area (Å²) in [6.45, 7) is 5.83. The fourth-order valence-electron chi connectivity index (χ4n) is 2.92. The molecule has 154 valence electrons. The topological polar surface area (TPSA) is 101 Å². The molecule has 2 aromatic heterocycles. The summed E-state index contributed by atoms with van der Waals surface area (Å²) < 4.78 is 23.9. The SMILES string of the molecule is Cc1csc([C@H](Cc2ccc(N[SH](=O)=O)cc2)NC(=O)Cc2nc(C)sc2C)n1. The van der Waals surface area contributed by atoms with Crippen LogP contribution in [0.1, 0.15) is 37.9 Å². The van der Waals surface area contributed by atoms with Crippen LogP contribution in [0.4, 0.5) is 5.69 Å². The molecule has 1 amide bonds. The zero-order valence-corrected chi connectivity index (χ0v) is 18.8. The number of nitrogens with zero attached hydrogens (tertiary/aromatic N) is 2. The quantitative estimate of drug-likeness (QED) is 0.458. The molecule has 29 heavy (non-hydrogen) atoms. The number of hydrogen-bond acceptors (Lipinski definition) is 7. The summed E-state index contributed by atoms with van der Waals surface area (Å²) in [6, 6.07) is 6.82. The molecule has 0 spiro atoms. The minimum atomic E-state index is -2.69. The van der Waals surface area contributed by atoms with Gasteiger partial charge in [0.1, 0.15) is 5.01 Å². The number of nitrogens with one attached hydrogen (secondary N) is 2. The number of aromatic nitrogens is 2. The molecule has 0 aliphatic carbocycles. The van der Waals surface area contributed by atoms with Crippen molar-refractivity contribution in [3.63, 3.8) is 0 Å². The molecule has 2 N–H and O–H groups in total. The summed E-state index contributed by atoms with van der Waals surface area (Å²) in [6.07, 6.45) is 0.786. The lowest BCUT2D eigenvalue weighted by Gasteiger charge is -2.17. The first kappa shape index (κ1) is 21.4. The fraction of sp³-hybridized carbons (Fsp3) is 0.316. The van der Waals surface area contributed by atoms with E-state index < -0.39 is 10.9 Å². The predicted molar refractivity (Wildman–Crippen MR) is 117 cm³/mol. The molecule has 1 atom stereocenters. The van der Waals surface area contributed by atoms with Crippen LogP contribution in [0.5, 0.6) is 0 Å². The summed E-state index contributed by atoms with van der Waals surface area (Å²) in [5.41, 5.74) is 3.19. The number of anilines is 1. The zero-order chi connectivity index (χ0) is 21.0. The van der Waals surface area contributed by atoms with E-state index in [1.807, 2.05) is 38.3 Å². The van der Waals surface area contributed by atoms with Crippen molar-refractivity contribution in [3.8, 4) is 0 Å². The number of thiol groups is 1. The molecule has 0 aliphatic heterocycles. The van der Waals surface area contributed by atoms with E-state index >= 15 is 0 Å². The molecule has 7 nitrogen and oxygen atoms in total. The number of thiazole rings is 2. The molecular formula is C19H22N4O3S3. The maximum Gasteiger partial charge on any atom is 0.226 e. The van der Waals surface area contributed by atoms with Gasteiger partial charge in [-0.15, -0.1) is 22.7 Å². The van der Waals surface area contributed by atoms with Crippen molar-refractivity contribution in [2.45, 2.75) is 39.7 Å². The molecule has 3 rings (SSSR count). The Bertz CT molecular complexity index is 1060. The zero-order valence-electron chi connectivity index (χ0n) is 16.3. The van der Waals surface area contributed by atoms with E-state index in [0.717, 1.165) is 31.8 Å². The minimum Gasteiger partial charge on any atom is -0.346 e. The first-order valence-electron chi connectivity index (χ1n) is 8.94. The second-order valence-electron chi connectivity index (χ2n) is 6.63. The van der Waals surface area contributed by atoms with Gasteiger partial charge in [-0.05, 0) is 44.9 Å². The Morgan fingerprint density at radius 2 is 1.86 bits per heavy atom. The largest absolute Gasteiger partial charge is 0.346 e. The van der Waals surface area contributed by atoms with Gasteiger partial charge < -0.3 is 5.32 Å². The number of rotatable bonds is 8. The number of carbonyl (C=O) groups is 1. The van der Waals surface area contributed by atoms with Crippen molar-refractivity contribution in [1.82, 2.24) is 15.3 Å². The van der Waals surface area contributed by atoms with Gasteiger partial charge in [0.25, 0.3) is 0 Å². The summed E-state index contributed by atoms with van der Waals surface area (Å²) in [5.74, 6) is -0.0992. The van der Waals surface area contributed by atoms with Crippen molar-refractivity contribution in [3.05, 3.63) is 61.5 Å². The van der Waals surface area contributed by atoms with Crippen LogP contribution in [0.3, 0.4) is 0 Å². The smallest absolute Gasteiger partial charge is 0.226 e. The minimum absolute atomic E-state index is 0.0992. The molecule has 2 heterocycles. The van der Waals surface area contributed by atoms with Crippen molar-refractivity contribution in [2.75, 3.05) is 4.72 Å². The predicted octanol–water partition coefficient (Wildman–Crippen LogP) is 3.11.